The van der Waals surface area contributed by atoms with E-state index in [0.29, 0.717) is 13.0 Å². The minimum Gasteiger partial charge on any atom is -0.330 e. The Kier molecular flexibility index (Phi) is 1.75. The van der Waals surface area contributed by atoms with Gasteiger partial charge in [-0.15, -0.1) is 0 Å². The highest BCUT2D eigenvalue weighted by atomic mass is 19.1. The molecule has 0 radical (unpaired) electrons. The van der Waals surface area contributed by atoms with Crippen LogP contribution >= 0.6 is 0 Å². The molecular weight excluding hydrogens is 117 g/mol. The molecule has 2 N–H and O–H groups in total. The number of hydrogen-bond donors (Lipinski definition) is 1. The van der Waals surface area contributed by atoms with Gasteiger partial charge in [0, 0.05) is 5.92 Å². The number of hydrogen-bond acceptors (Lipinski definition) is 1. The lowest BCUT2D eigenvalue weighted by Gasteiger charge is -2.20. The fourth-order valence-electron chi connectivity index (χ4n) is 1.56. The highest BCUT2D eigenvalue weighted by Crippen LogP contribution is 2.37. The van der Waals surface area contributed by atoms with Crippen LogP contribution in [0.5, 0.6) is 0 Å². The maximum atomic E-state index is 13.2. The van der Waals surface area contributed by atoms with Gasteiger partial charge in [0.15, 0.2) is 0 Å². The monoisotopic (exact) mass is 131 g/mol. The summed E-state index contributed by atoms with van der Waals surface area (Å²) < 4.78 is 13.2. The van der Waals surface area contributed by atoms with E-state index in [1.165, 1.54) is 0 Å². The fourth-order valence-corrected chi connectivity index (χ4v) is 1.56. The molecule has 2 heteroatoms. The summed E-state index contributed by atoms with van der Waals surface area (Å²) >= 11 is 0. The van der Waals surface area contributed by atoms with Crippen molar-refractivity contribution in [1.82, 2.24) is 0 Å². The molecule has 1 aliphatic carbocycles. The Morgan fingerprint density at radius 3 is 2.67 bits per heavy atom. The fraction of sp³-hybridized carbons (Fsp3) is 1.00. The van der Waals surface area contributed by atoms with Crippen molar-refractivity contribution in [3.8, 4) is 0 Å². The molecule has 0 aromatic carbocycles. The van der Waals surface area contributed by atoms with Crippen LogP contribution in [-0.2, 0) is 0 Å². The molecule has 1 nitrogen and oxygen atoms in total. The summed E-state index contributed by atoms with van der Waals surface area (Å²) in [6, 6.07) is 0. The lowest BCUT2D eigenvalue weighted by molar-refractivity contribution is 0.138. The minimum atomic E-state index is -0.964. The molecule has 1 rings (SSSR count). The zero-order chi connectivity index (χ0) is 6.91. The zero-order valence-electron chi connectivity index (χ0n) is 5.86. The van der Waals surface area contributed by atoms with Crippen LogP contribution in [0.1, 0.15) is 26.2 Å². The molecule has 0 saturated heterocycles. The lowest BCUT2D eigenvalue weighted by atomic mass is 9.95. The molecule has 1 saturated carbocycles. The summed E-state index contributed by atoms with van der Waals surface area (Å²) in [6.07, 6.45) is 2.69. The van der Waals surface area contributed by atoms with Crippen molar-refractivity contribution in [3.05, 3.63) is 0 Å². The summed E-state index contributed by atoms with van der Waals surface area (Å²) in [5.74, 6) is 0.123. The highest BCUT2D eigenvalue weighted by molar-refractivity contribution is 4.88. The van der Waals surface area contributed by atoms with Crippen LogP contribution in [-0.4, -0.2) is 12.2 Å². The topological polar surface area (TPSA) is 26.0 Å². The average Bonchev–Trinajstić information content (AvgIpc) is 2.08. The molecule has 0 aliphatic heterocycles. The van der Waals surface area contributed by atoms with Crippen LogP contribution in [0.15, 0.2) is 0 Å². The first-order valence-electron chi connectivity index (χ1n) is 3.56. The van der Waals surface area contributed by atoms with Crippen LogP contribution in [0, 0.1) is 5.92 Å². The third-order valence-corrected chi connectivity index (χ3v) is 2.35. The molecule has 0 spiro atoms. The lowest BCUT2D eigenvalue weighted by Crippen LogP contribution is -2.29. The van der Waals surface area contributed by atoms with Crippen LogP contribution in [0.3, 0.4) is 0 Å². The summed E-state index contributed by atoms with van der Waals surface area (Å²) in [6.45, 7) is 2.17. The number of rotatable bonds is 1. The van der Waals surface area contributed by atoms with Crippen molar-refractivity contribution in [2.75, 3.05) is 6.54 Å². The predicted molar refractivity (Wildman–Crippen MR) is 35.9 cm³/mol. The van der Waals surface area contributed by atoms with Gasteiger partial charge in [-0.1, -0.05) is 0 Å². The molecule has 0 amide bonds. The van der Waals surface area contributed by atoms with Gasteiger partial charge in [0.25, 0.3) is 0 Å². The van der Waals surface area contributed by atoms with Gasteiger partial charge in [-0.05, 0) is 32.7 Å². The molecular formula is C7H14FN. The molecule has 1 fully saturated rings. The quantitative estimate of drug-likeness (QED) is 0.573. The third kappa shape index (κ3) is 1.23. The third-order valence-electron chi connectivity index (χ3n) is 2.35. The Hall–Kier alpha value is -0.110. The van der Waals surface area contributed by atoms with Gasteiger partial charge >= 0.3 is 0 Å². The van der Waals surface area contributed by atoms with Crippen molar-refractivity contribution in [3.63, 3.8) is 0 Å². The van der Waals surface area contributed by atoms with E-state index in [1.54, 1.807) is 6.92 Å². The second-order valence-corrected chi connectivity index (χ2v) is 3.10. The largest absolute Gasteiger partial charge is 0.330 e. The zero-order valence-corrected chi connectivity index (χ0v) is 5.86. The molecule has 54 valence electrons. The van der Waals surface area contributed by atoms with E-state index in [9.17, 15) is 4.39 Å². The summed E-state index contributed by atoms with van der Waals surface area (Å²) in [4.78, 5) is 0. The Labute approximate surface area is 55.4 Å². The first-order chi connectivity index (χ1) is 4.17. The summed E-state index contributed by atoms with van der Waals surface area (Å²) in [5.41, 5.74) is 4.41. The molecule has 1 aliphatic rings. The standard InChI is InChI=1S/C7H14FN/c1-7(8)4-2-3-6(7)5-9/h6H,2-5,9H2,1H3. The Morgan fingerprint density at radius 2 is 2.44 bits per heavy atom. The minimum absolute atomic E-state index is 0.123. The van der Waals surface area contributed by atoms with Crippen molar-refractivity contribution < 1.29 is 4.39 Å². The van der Waals surface area contributed by atoms with E-state index >= 15 is 0 Å². The Balaban J connectivity index is 2.52. The van der Waals surface area contributed by atoms with Crippen molar-refractivity contribution in [1.29, 1.82) is 0 Å². The maximum Gasteiger partial charge on any atom is 0.112 e. The number of alkyl halides is 1. The molecule has 2 atom stereocenters. The van der Waals surface area contributed by atoms with E-state index in [-0.39, 0.29) is 5.92 Å². The first kappa shape index (κ1) is 7.00. The number of halogens is 1. The molecule has 0 bridgehead atoms. The average molecular weight is 131 g/mol. The van der Waals surface area contributed by atoms with Gasteiger partial charge in [-0.25, -0.2) is 4.39 Å². The van der Waals surface area contributed by atoms with Gasteiger partial charge in [0.1, 0.15) is 5.67 Å². The van der Waals surface area contributed by atoms with Gasteiger partial charge < -0.3 is 5.73 Å². The summed E-state index contributed by atoms with van der Waals surface area (Å²) in [5, 5.41) is 0. The summed E-state index contributed by atoms with van der Waals surface area (Å²) in [7, 11) is 0. The Morgan fingerprint density at radius 1 is 1.78 bits per heavy atom. The van der Waals surface area contributed by atoms with Gasteiger partial charge in [0.2, 0.25) is 0 Å². The van der Waals surface area contributed by atoms with Crippen LogP contribution in [0.4, 0.5) is 4.39 Å². The molecule has 9 heavy (non-hydrogen) atoms. The second-order valence-electron chi connectivity index (χ2n) is 3.10. The SMILES string of the molecule is CC1(F)CCCC1CN. The second kappa shape index (κ2) is 2.25. The van der Waals surface area contributed by atoms with Crippen molar-refractivity contribution in [2.45, 2.75) is 31.9 Å². The van der Waals surface area contributed by atoms with Crippen molar-refractivity contribution >= 4 is 0 Å². The Bertz CT molecular complexity index is 101. The van der Waals surface area contributed by atoms with Crippen LogP contribution < -0.4 is 5.73 Å². The van der Waals surface area contributed by atoms with E-state index in [0.717, 1.165) is 12.8 Å². The van der Waals surface area contributed by atoms with E-state index in [4.69, 9.17) is 5.73 Å². The molecule has 2 unspecified atom stereocenters. The van der Waals surface area contributed by atoms with Crippen molar-refractivity contribution in [2.24, 2.45) is 11.7 Å². The van der Waals surface area contributed by atoms with Crippen LogP contribution in [0.2, 0.25) is 0 Å². The normalized spacial score (nSPS) is 43.7. The first-order valence-corrected chi connectivity index (χ1v) is 3.56. The van der Waals surface area contributed by atoms with Crippen LogP contribution in [0.25, 0.3) is 0 Å². The molecule has 0 aromatic rings. The molecule has 0 aromatic heterocycles. The highest BCUT2D eigenvalue weighted by Gasteiger charge is 2.37. The number of nitrogens with two attached hydrogens (primary N) is 1. The predicted octanol–water partition coefficient (Wildman–Crippen LogP) is 1.47. The van der Waals surface area contributed by atoms with E-state index < -0.39 is 5.67 Å². The van der Waals surface area contributed by atoms with Gasteiger partial charge in [-0.3, -0.25) is 0 Å². The maximum absolute atomic E-state index is 13.2. The van der Waals surface area contributed by atoms with Gasteiger partial charge in [0.05, 0.1) is 0 Å². The van der Waals surface area contributed by atoms with Gasteiger partial charge in [-0.2, -0.15) is 0 Å². The van der Waals surface area contributed by atoms with E-state index in [2.05, 4.69) is 0 Å². The van der Waals surface area contributed by atoms with E-state index in [1.807, 2.05) is 0 Å². The molecule has 0 heterocycles. The smallest absolute Gasteiger partial charge is 0.112 e.